The van der Waals surface area contributed by atoms with Gasteiger partial charge in [-0.05, 0) is 43.3 Å². The molecule has 0 N–H and O–H groups in total. The van der Waals surface area contributed by atoms with Crippen LogP contribution in [0.1, 0.15) is 18.5 Å². The summed E-state index contributed by atoms with van der Waals surface area (Å²) in [6, 6.07) is 20.3. The molecule has 0 saturated carbocycles. The summed E-state index contributed by atoms with van der Waals surface area (Å²) in [5.74, 6) is 0.0580. The van der Waals surface area contributed by atoms with Crippen molar-refractivity contribution in [2.24, 2.45) is 0 Å². The van der Waals surface area contributed by atoms with Gasteiger partial charge in [-0.3, -0.25) is 4.31 Å². The van der Waals surface area contributed by atoms with Gasteiger partial charge in [-0.15, -0.1) is 0 Å². The van der Waals surface area contributed by atoms with E-state index in [0.717, 1.165) is 0 Å². The number of nitrogens with zero attached hydrogens (tertiary/aromatic N) is 1. The van der Waals surface area contributed by atoms with Gasteiger partial charge >= 0.3 is 0 Å². The molecule has 1 unspecified atom stereocenters. The molecule has 0 saturated heterocycles. The Morgan fingerprint density at radius 2 is 1.59 bits per heavy atom. The van der Waals surface area contributed by atoms with E-state index in [9.17, 15) is 12.8 Å². The van der Waals surface area contributed by atoms with Crippen molar-refractivity contribution in [3.63, 3.8) is 0 Å². The minimum absolute atomic E-state index is 0.135. The number of hydrogen-bond acceptors (Lipinski definition) is 3. The van der Waals surface area contributed by atoms with Gasteiger partial charge in [0.25, 0.3) is 10.0 Å². The number of benzene rings is 3. The number of methoxy groups -OCH3 is 1. The molecule has 0 aliphatic rings. The van der Waals surface area contributed by atoms with Crippen LogP contribution in [0.25, 0.3) is 0 Å². The van der Waals surface area contributed by atoms with E-state index in [-0.39, 0.29) is 10.6 Å². The van der Waals surface area contributed by atoms with E-state index in [1.807, 2.05) is 12.1 Å². The average Bonchev–Trinajstić information content (AvgIpc) is 2.68. The lowest BCUT2D eigenvalue weighted by molar-refractivity contribution is 0.407. The lowest BCUT2D eigenvalue weighted by Gasteiger charge is -2.31. The Morgan fingerprint density at radius 1 is 0.926 bits per heavy atom. The second kappa shape index (κ2) is 7.80. The highest BCUT2D eigenvalue weighted by atomic mass is 32.2. The molecule has 6 heteroatoms. The van der Waals surface area contributed by atoms with Crippen molar-refractivity contribution in [3.8, 4) is 5.75 Å². The fourth-order valence-corrected chi connectivity index (χ4v) is 4.68. The predicted molar refractivity (Wildman–Crippen MR) is 104 cm³/mol. The number of rotatable bonds is 6. The van der Waals surface area contributed by atoms with Gasteiger partial charge in [0.05, 0.1) is 23.7 Å². The second-order valence-electron chi connectivity index (χ2n) is 6.01. The highest BCUT2D eigenvalue weighted by molar-refractivity contribution is 7.92. The summed E-state index contributed by atoms with van der Waals surface area (Å²) in [7, 11) is -2.40. The minimum Gasteiger partial charge on any atom is -0.496 e. The monoisotopic (exact) mass is 385 g/mol. The summed E-state index contributed by atoms with van der Waals surface area (Å²) < 4.78 is 47.4. The summed E-state index contributed by atoms with van der Waals surface area (Å²) in [4.78, 5) is 0.135. The highest BCUT2D eigenvalue weighted by Crippen LogP contribution is 2.36. The van der Waals surface area contributed by atoms with Gasteiger partial charge in [-0.1, -0.05) is 42.5 Å². The van der Waals surface area contributed by atoms with E-state index < -0.39 is 21.9 Å². The molecule has 0 aliphatic carbocycles. The van der Waals surface area contributed by atoms with E-state index >= 15 is 0 Å². The van der Waals surface area contributed by atoms with E-state index in [2.05, 4.69) is 0 Å². The molecule has 3 aromatic rings. The van der Waals surface area contributed by atoms with Crippen LogP contribution in [0, 0.1) is 5.82 Å². The second-order valence-corrected chi connectivity index (χ2v) is 7.83. The number of sulfonamides is 1. The predicted octanol–water partition coefficient (Wildman–Crippen LogP) is 4.79. The van der Waals surface area contributed by atoms with E-state index in [1.165, 1.54) is 41.7 Å². The zero-order chi connectivity index (χ0) is 19.4. The lowest BCUT2D eigenvalue weighted by atomic mass is 10.1. The Balaban J connectivity index is 2.19. The van der Waals surface area contributed by atoms with E-state index in [1.54, 1.807) is 43.3 Å². The molecular formula is C21H20FNO3S. The van der Waals surface area contributed by atoms with Gasteiger partial charge in [0.2, 0.25) is 0 Å². The van der Waals surface area contributed by atoms with Crippen molar-refractivity contribution < 1.29 is 17.5 Å². The molecule has 0 bridgehead atoms. The van der Waals surface area contributed by atoms with Crippen LogP contribution < -0.4 is 9.04 Å². The van der Waals surface area contributed by atoms with Crippen LogP contribution in [0.5, 0.6) is 5.75 Å². The first-order valence-electron chi connectivity index (χ1n) is 8.43. The summed E-state index contributed by atoms with van der Waals surface area (Å²) in [6.45, 7) is 1.75. The Labute approximate surface area is 158 Å². The minimum atomic E-state index is -3.93. The Bertz CT molecular complexity index is 1020. The van der Waals surface area contributed by atoms with Gasteiger partial charge in [-0.25, -0.2) is 12.8 Å². The Hall–Kier alpha value is -2.86. The normalized spacial score (nSPS) is 12.4. The molecule has 140 valence electrons. The van der Waals surface area contributed by atoms with E-state index in [4.69, 9.17) is 4.74 Å². The molecule has 4 nitrogen and oxygen atoms in total. The first-order valence-corrected chi connectivity index (χ1v) is 9.87. The van der Waals surface area contributed by atoms with Crippen molar-refractivity contribution in [3.05, 3.63) is 90.2 Å². The fourth-order valence-electron chi connectivity index (χ4n) is 3.03. The van der Waals surface area contributed by atoms with E-state index in [0.29, 0.717) is 11.3 Å². The summed E-state index contributed by atoms with van der Waals surface area (Å²) in [6.07, 6.45) is 0. The first-order chi connectivity index (χ1) is 12.9. The zero-order valence-electron chi connectivity index (χ0n) is 15.0. The average molecular weight is 385 g/mol. The third-order valence-electron chi connectivity index (χ3n) is 4.30. The maximum Gasteiger partial charge on any atom is 0.264 e. The number of halogens is 1. The third-order valence-corrected chi connectivity index (χ3v) is 6.22. The molecule has 0 heterocycles. The molecule has 0 radical (unpaired) electrons. The quantitative estimate of drug-likeness (QED) is 0.613. The van der Waals surface area contributed by atoms with Crippen LogP contribution in [-0.2, 0) is 10.0 Å². The van der Waals surface area contributed by atoms with Crippen LogP contribution in [-0.4, -0.2) is 15.5 Å². The van der Waals surface area contributed by atoms with Gasteiger partial charge in [-0.2, -0.15) is 0 Å². The maximum atomic E-state index is 13.9. The molecule has 0 aliphatic heterocycles. The topological polar surface area (TPSA) is 46.6 Å². The number of hydrogen-bond donors (Lipinski definition) is 0. The summed E-state index contributed by atoms with van der Waals surface area (Å²) in [5.41, 5.74) is 0.932. The Morgan fingerprint density at radius 3 is 2.26 bits per heavy atom. The van der Waals surface area contributed by atoms with Crippen LogP contribution in [0.15, 0.2) is 83.8 Å². The molecule has 3 rings (SSSR count). The summed E-state index contributed by atoms with van der Waals surface area (Å²) in [5, 5.41) is 0. The fraction of sp³-hybridized carbons (Fsp3) is 0.143. The molecule has 1 atom stereocenters. The van der Waals surface area contributed by atoms with Crippen LogP contribution in [0.3, 0.4) is 0 Å². The standard InChI is InChI=1S/C21H20FNO3S/c1-16(20-13-6-7-14-21(20)26-2)23(18-10-8-9-17(22)15-18)27(24,25)19-11-4-3-5-12-19/h3-16H,1-2H3. The summed E-state index contributed by atoms with van der Waals surface area (Å²) >= 11 is 0. The molecule has 0 spiro atoms. The van der Waals surface area contributed by atoms with Crippen molar-refractivity contribution in [1.29, 1.82) is 0 Å². The molecule has 0 aromatic heterocycles. The SMILES string of the molecule is COc1ccccc1C(C)N(c1cccc(F)c1)S(=O)(=O)c1ccccc1. The van der Waals surface area contributed by atoms with Gasteiger partial charge in [0.15, 0.2) is 0 Å². The smallest absolute Gasteiger partial charge is 0.264 e. The van der Waals surface area contributed by atoms with Gasteiger partial charge < -0.3 is 4.74 Å². The highest BCUT2D eigenvalue weighted by Gasteiger charge is 2.31. The molecular weight excluding hydrogens is 365 g/mol. The zero-order valence-corrected chi connectivity index (χ0v) is 15.9. The molecule has 27 heavy (non-hydrogen) atoms. The number of ether oxygens (including phenoxy) is 1. The molecule has 0 amide bonds. The first kappa shape index (κ1) is 18.9. The lowest BCUT2D eigenvalue weighted by Crippen LogP contribution is -2.34. The van der Waals surface area contributed by atoms with Crippen LogP contribution in [0.4, 0.5) is 10.1 Å². The maximum absolute atomic E-state index is 13.9. The number of anilines is 1. The van der Waals surface area contributed by atoms with Crippen molar-refractivity contribution in [2.45, 2.75) is 17.9 Å². The number of para-hydroxylation sites is 1. The van der Waals surface area contributed by atoms with Crippen LogP contribution in [0.2, 0.25) is 0 Å². The third kappa shape index (κ3) is 3.80. The van der Waals surface area contributed by atoms with Crippen molar-refractivity contribution >= 4 is 15.7 Å². The van der Waals surface area contributed by atoms with Crippen molar-refractivity contribution in [2.75, 3.05) is 11.4 Å². The molecule has 0 fully saturated rings. The van der Waals surface area contributed by atoms with Crippen molar-refractivity contribution in [1.82, 2.24) is 0 Å². The van der Waals surface area contributed by atoms with Gasteiger partial charge in [0.1, 0.15) is 11.6 Å². The van der Waals surface area contributed by atoms with Gasteiger partial charge in [0, 0.05) is 5.56 Å². The Kier molecular flexibility index (Phi) is 5.46. The molecule has 3 aromatic carbocycles. The van der Waals surface area contributed by atoms with Crippen LogP contribution >= 0.6 is 0 Å². The largest absolute Gasteiger partial charge is 0.496 e.